The van der Waals surface area contributed by atoms with Crippen molar-refractivity contribution >= 4 is 11.8 Å². The van der Waals surface area contributed by atoms with E-state index < -0.39 is 0 Å². The van der Waals surface area contributed by atoms with Crippen LogP contribution < -0.4 is 0 Å². The first-order valence-corrected chi connectivity index (χ1v) is 5.90. The van der Waals surface area contributed by atoms with Gasteiger partial charge in [-0.05, 0) is 6.42 Å². The van der Waals surface area contributed by atoms with Crippen LogP contribution in [0.25, 0.3) is 0 Å². The van der Waals surface area contributed by atoms with Gasteiger partial charge in [-0.1, -0.05) is 0 Å². The van der Waals surface area contributed by atoms with Gasteiger partial charge in [-0.3, -0.25) is 4.79 Å². The van der Waals surface area contributed by atoms with Gasteiger partial charge in [0.1, 0.15) is 5.78 Å². The molecule has 0 atom stereocenters. The van der Waals surface area contributed by atoms with Gasteiger partial charge in [0.05, 0.1) is 13.2 Å². The van der Waals surface area contributed by atoms with Gasteiger partial charge in [0.15, 0.2) is 0 Å². The number of ether oxygens (including phenoxy) is 1. The van der Waals surface area contributed by atoms with Crippen LogP contribution in [0.15, 0.2) is 0 Å². The Morgan fingerprint density at radius 1 is 1.00 bits per heavy atom. The van der Waals surface area contributed by atoms with Crippen LogP contribution in [-0.2, 0) is 9.53 Å². The summed E-state index contributed by atoms with van der Waals surface area (Å²) < 4.78 is 5.21. The van der Waals surface area contributed by atoms with Crippen LogP contribution in [-0.4, -0.2) is 61.0 Å². The lowest BCUT2D eigenvalue weighted by molar-refractivity contribution is -0.118. The van der Waals surface area contributed by atoms with Crippen LogP contribution >= 0.6 is 0 Å². The van der Waals surface area contributed by atoms with E-state index >= 15 is 0 Å². The van der Waals surface area contributed by atoms with Crippen molar-refractivity contribution in [1.29, 1.82) is 0 Å². The molecule has 2 aliphatic rings. The van der Waals surface area contributed by atoms with Gasteiger partial charge in [-0.2, -0.15) is 0 Å². The molecular weight excluding hydrogens is 208 g/mol. The minimum Gasteiger partial charge on any atom is -0.378 e. The highest BCUT2D eigenvalue weighted by molar-refractivity contribution is 5.81. The fraction of sp³-hybridized carbons (Fsp3) is 0.818. The predicted octanol–water partition coefficient (Wildman–Crippen LogP) is 0.494. The van der Waals surface area contributed by atoms with Crippen LogP contribution in [0, 0.1) is 0 Å². The van der Waals surface area contributed by atoms with Gasteiger partial charge < -0.3 is 14.5 Å². The second-order valence-corrected chi connectivity index (χ2v) is 4.26. The van der Waals surface area contributed by atoms with E-state index in [1.165, 1.54) is 0 Å². The van der Waals surface area contributed by atoms with Crippen LogP contribution in [0.1, 0.15) is 19.3 Å². The van der Waals surface area contributed by atoms with Crippen LogP contribution in [0.2, 0.25) is 0 Å². The summed E-state index contributed by atoms with van der Waals surface area (Å²) in [5.41, 5.74) is 0. The number of hydrogen-bond donors (Lipinski definition) is 0. The Morgan fingerprint density at radius 3 is 2.44 bits per heavy atom. The van der Waals surface area contributed by atoms with Crippen molar-refractivity contribution < 1.29 is 14.3 Å². The molecule has 0 unspecified atom stereocenters. The maximum atomic E-state index is 12.1. The SMILES string of the molecule is O=C1CCCN(C(=O)N2CCOCC2)CC1. The molecule has 2 saturated heterocycles. The normalized spacial score (nSPS) is 23.1. The highest BCUT2D eigenvalue weighted by Crippen LogP contribution is 2.10. The molecule has 0 aromatic rings. The number of rotatable bonds is 0. The topological polar surface area (TPSA) is 49.9 Å². The number of carbonyl (C=O) groups excluding carboxylic acids is 2. The Labute approximate surface area is 95.3 Å². The summed E-state index contributed by atoms with van der Waals surface area (Å²) in [6, 6.07) is 0.0676. The molecule has 0 spiro atoms. The van der Waals surface area contributed by atoms with Crippen LogP contribution in [0.4, 0.5) is 4.79 Å². The number of Topliss-reactive ketones (excluding diaryl/α,β-unsaturated/α-hetero) is 1. The number of amides is 2. The lowest BCUT2D eigenvalue weighted by Gasteiger charge is -2.32. The molecule has 2 rings (SSSR count). The predicted molar refractivity (Wildman–Crippen MR) is 58.2 cm³/mol. The van der Waals surface area contributed by atoms with Gasteiger partial charge in [0.25, 0.3) is 0 Å². The monoisotopic (exact) mass is 226 g/mol. The molecule has 0 N–H and O–H groups in total. The zero-order chi connectivity index (χ0) is 11.4. The van der Waals surface area contributed by atoms with E-state index in [1.807, 2.05) is 4.90 Å². The minimum absolute atomic E-state index is 0.0676. The Balaban J connectivity index is 1.89. The van der Waals surface area contributed by atoms with Gasteiger partial charge in [0.2, 0.25) is 0 Å². The fourth-order valence-electron chi connectivity index (χ4n) is 2.11. The summed E-state index contributed by atoms with van der Waals surface area (Å²) in [6.45, 7) is 3.88. The smallest absolute Gasteiger partial charge is 0.320 e. The highest BCUT2D eigenvalue weighted by Gasteiger charge is 2.24. The van der Waals surface area contributed by atoms with E-state index in [0.717, 1.165) is 6.42 Å². The number of morpholine rings is 1. The zero-order valence-electron chi connectivity index (χ0n) is 9.48. The van der Waals surface area contributed by atoms with E-state index in [-0.39, 0.29) is 11.8 Å². The summed E-state index contributed by atoms with van der Waals surface area (Å²) in [5.74, 6) is 0.275. The molecule has 2 heterocycles. The quantitative estimate of drug-likeness (QED) is 0.604. The maximum absolute atomic E-state index is 12.1. The Kier molecular flexibility index (Phi) is 3.77. The van der Waals surface area contributed by atoms with E-state index in [9.17, 15) is 9.59 Å². The number of urea groups is 1. The van der Waals surface area contributed by atoms with Gasteiger partial charge in [0, 0.05) is 39.0 Å². The number of likely N-dealkylation sites (tertiary alicyclic amines) is 1. The average Bonchev–Trinajstić information content (AvgIpc) is 2.54. The molecule has 2 aliphatic heterocycles. The first-order valence-electron chi connectivity index (χ1n) is 5.90. The summed E-state index contributed by atoms with van der Waals surface area (Å²) in [7, 11) is 0. The number of hydrogen-bond acceptors (Lipinski definition) is 3. The second kappa shape index (κ2) is 5.30. The molecule has 0 radical (unpaired) electrons. The van der Waals surface area contributed by atoms with Gasteiger partial charge >= 0.3 is 6.03 Å². The third-order valence-electron chi connectivity index (χ3n) is 3.10. The summed E-state index contributed by atoms with van der Waals surface area (Å²) >= 11 is 0. The molecule has 0 aromatic heterocycles. The Bertz CT molecular complexity index is 274. The van der Waals surface area contributed by atoms with Crippen LogP contribution in [0.5, 0.6) is 0 Å². The number of nitrogens with zero attached hydrogens (tertiary/aromatic N) is 2. The maximum Gasteiger partial charge on any atom is 0.320 e. The zero-order valence-corrected chi connectivity index (χ0v) is 9.48. The Morgan fingerprint density at radius 2 is 1.69 bits per heavy atom. The van der Waals surface area contributed by atoms with Crippen LogP contribution in [0.3, 0.4) is 0 Å². The fourth-order valence-corrected chi connectivity index (χ4v) is 2.11. The summed E-state index contributed by atoms with van der Waals surface area (Å²) in [4.78, 5) is 27.0. The standard InChI is InChI=1S/C11H18N2O3/c14-10-2-1-4-12(5-3-10)11(15)13-6-8-16-9-7-13/h1-9H2. The average molecular weight is 226 g/mol. The number of carbonyl (C=O) groups is 2. The molecule has 0 bridgehead atoms. The molecule has 0 aromatic carbocycles. The van der Waals surface area contributed by atoms with Crippen molar-refractivity contribution in [3.63, 3.8) is 0 Å². The third kappa shape index (κ3) is 2.72. The Hall–Kier alpha value is -1.10. The van der Waals surface area contributed by atoms with Gasteiger partial charge in [-0.25, -0.2) is 4.79 Å². The molecule has 2 amide bonds. The lowest BCUT2D eigenvalue weighted by atomic mass is 10.2. The first-order chi connectivity index (χ1) is 7.77. The lowest BCUT2D eigenvalue weighted by Crippen LogP contribution is -2.48. The van der Waals surface area contributed by atoms with Crippen molar-refractivity contribution in [1.82, 2.24) is 9.80 Å². The van der Waals surface area contributed by atoms with E-state index in [1.54, 1.807) is 4.90 Å². The largest absolute Gasteiger partial charge is 0.378 e. The molecule has 16 heavy (non-hydrogen) atoms. The molecule has 0 saturated carbocycles. The van der Waals surface area contributed by atoms with Crippen molar-refractivity contribution in [2.24, 2.45) is 0 Å². The minimum atomic E-state index is 0.0676. The molecule has 0 aliphatic carbocycles. The molecule has 2 fully saturated rings. The van der Waals surface area contributed by atoms with Crippen molar-refractivity contribution in [2.45, 2.75) is 19.3 Å². The summed E-state index contributed by atoms with van der Waals surface area (Å²) in [5, 5.41) is 0. The summed E-state index contributed by atoms with van der Waals surface area (Å²) in [6.07, 6.45) is 1.93. The van der Waals surface area contributed by atoms with E-state index in [0.29, 0.717) is 52.2 Å². The highest BCUT2D eigenvalue weighted by atomic mass is 16.5. The molecule has 5 nitrogen and oxygen atoms in total. The first kappa shape index (κ1) is 11.4. The van der Waals surface area contributed by atoms with Gasteiger partial charge in [-0.15, -0.1) is 0 Å². The number of ketones is 1. The van der Waals surface area contributed by atoms with E-state index in [2.05, 4.69) is 0 Å². The second-order valence-electron chi connectivity index (χ2n) is 4.26. The van der Waals surface area contributed by atoms with Crippen molar-refractivity contribution in [3.8, 4) is 0 Å². The molecule has 90 valence electrons. The third-order valence-corrected chi connectivity index (χ3v) is 3.10. The molecular formula is C11H18N2O3. The van der Waals surface area contributed by atoms with E-state index in [4.69, 9.17) is 4.74 Å². The van der Waals surface area contributed by atoms with Crippen molar-refractivity contribution in [2.75, 3.05) is 39.4 Å². The molecule has 5 heteroatoms. The van der Waals surface area contributed by atoms with Crippen molar-refractivity contribution in [3.05, 3.63) is 0 Å².